The molecule has 1 saturated heterocycles. The molecule has 1 aromatic heterocycles. The van der Waals surface area contributed by atoms with Crippen LogP contribution in [0.2, 0.25) is 0 Å². The minimum absolute atomic E-state index is 0.583. The van der Waals surface area contributed by atoms with Gasteiger partial charge in [0.1, 0.15) is 0 Å². The number of aryl methyl sites for hydroxylation is 1. The van der Waals surface area contributed by atoms with E-state index in [1.54, 1.807) is 0 Å². The van der Waals surface area contributed by atoms with Crippen LogP contribution in [-0.2, 0) is 0 Å². The van der Waals surface area contributed by atoms with Gasteiger partial charge in [0.25, 0.3) is 0 Å². The average Bonchev–Trinajstić information content (AvgIpc) is 2.78. The van der Waals surface area contributed by atoms with Crippen LogP contribution in [-0.4, -0.2) is 23.4 Å². The molecule has 0 atom stereocenters. The monoisotopic (exact) mass is 342 g/mol. The summed E-state index contributed by atoms with van der Waals surface area (Å²) in [5.74, 6) is 0.583. The Morgan fingerprint density at radius 3 is 2.63 bits per heavy atom. The lowest BCUT2D eigenvalue weighted by Gasteiger charge is -2.25. The van der Waals surface area contributed by atoms with Crippen molar-refractivity contribution >= 4 is 38.5 Å². The molecule has 0 saturated carbocycles. The Morgan fingerprint density at radius 1 is 1.37 bits per heavy atom. The van der Waals surface area contributed by atoms with Crippen molar-refractivity contribution in [2.45, 2.75) is 40.0 Å². The zero-order valence-corrected chi connectivity index (χ0v) is 14.5. The highest BCUT2D eigenvalue weighted by atomic mass is 79.9. The summed E-state index contributed by atoms with van der Waals surface area (Å²) in [6, 6.07) is 0. The van der Waals surface area contributed by atoms with Gasteiger partial charge in [0.15, 0.2) is 5.13 Å². The summed E-state index contributed by atoms with van der Waals surface area (Å²) in [5.41, 5.74) is 2.61. The van der Waals surface area contributed by atoms with Crippen molar-refractivity contribution < 1.29 is 0 Å². The van der Waals surface area contributed by atoms with Crippen molar-refractivity contribution in [1.82, 2.24) is 4.98 Å². The number of allylic oxidation sites excluding steroid dienone is 1. The standard InChI is InChI=1S/C15H23BrN2S/c1-11(2)13(10-16)9-14-12(3)17-15(19-14)18-7-5-4-6-8-18/h9,11H,4-8,10H2,1-3H3. The van der Waals surface area contributed by atoms with Crippen LogP contribution in [0, 0.1) is 12.8 Å². The molecule has 1 aromatic rings. The van der Waals surface area contributed by atoms with Crippen LogP contribution >= 0.6 is 27.3 Å². The van der Waals surface area contributed by atoms with Crippen LogP contribution in [0.5, 0.6) is 0 Å². The summed E-state index contributed by atoms with van der Waals surface area (Å²) in [7, 11) is 0. The minimum atomic E-state index is 0.583. The lowest BCUT2D eigenvalue weighted by Crippen LogP contribution is -2.29. The van der Waals surface area contributed by atoms with E-state index in [4.69, 9.17) is 4.98 Å². The molecule has 0 spiro atoms. The summed E-state index contributed by atoms with van der Waals surface area (Å²) >= 11 is 5.43. The van der Waals surface area contributed by atoms with Crippen molar-refractivity contribution in [3.05, 3.63) is 16.1 Å². The van der Waals surface area contributed by atoms with Crippen molar-refractivity contribution in [2.75, 3.05) is 23.3 Å². The van der Waals surface area contributed by atoms with Gasteiger partial charge >= 0.3 is 0 Å². The largest absolute Gasteiger partial charge is 0.348 e. The number of thiazole rings is 1. The molecule has 2 rings (SSSR count). The third kappa shape index (κ3) is 3.82. The number of aromatic nitrogens is 1. The summed E-state index contributed by atoms with van der Waals surface area (Å²) in [6.45, 7) is 8.96. The van der Waals surface area contributed by atoms with E-state index >= 15 is 0 Å². The summed E-state index contributed by atoms with van der Waals surface area (Å²) in [6.07, 6.45) is 6.31. The predicted octanol–water partition coefficient (Wildman–Crippen LogP) is 4.88. The highest BCUT2D eigenvalue weighted by Crippen LogP contribution is 2.31. The fourth-order valence-corrected chi connectivity index (χ4v) is 4.18. The van der Waals surface area contributed by atoms with Gasteiger partial charge in [0.05, 0.1) is 10.6 Å². The molecular weight excluding hydrogens is 320 g/mol. The lowest BCUT2D eigenvalue weighted by atomic mass is 10.0. The van der Waals surface area contributed by atoms with E-state index < -0.39 is 0 Å². The van der Waals surface area contributed by atoms with Gasteiger partial charge in [-0.05, 0) is 38.2 Å². The topological polar surface area (TPSA) is 16.1 Å². The van der Waals surface area contributed by atoms with E-state index in [2.05, 4.69) is 47.7 Å². The summed E-state index contributed by atoms with van der Waals surface area (Å²) in [4.78, 5) is 8.53. The van der Waals surface area contributed by atoms with Crippen LogP contribution in [0.25, 0.3) is 6.08 Å². The van der Waals surface area contributed by atoms with Crippen LogP contribution in [0.4, 0.5) is 5.13 Å². The first-order valence-electron chi connectivity index (χ1n) is 7.10. The second-order valence-corrected chi connectivity index (χ2v) is 7.07. The molecular formula is C15H23BrN2S. The van der Waals surface area contributed by atoms with E-state index in [0.29, 0.717) is 5.92 Å². The number of hydrogen-bond acceptors (Lipinski definition) is 3. The smallest absolute Gasteiger partial charge is 0.186 e. The SMILES string of the molecule is Cc1nc(N2CCCCC2)sc1C=C(CBr)C(C)C. The van der Waals surface area contributed by atoms with E-state index in [1.807, 2.05) is 11.3 Å². The van der Waals surface area contributed by atoms with Crippen molar-refractivity contribution in [3.63, 3.8) is 0 Å². The molecule has 2 heterocycles. The fraction of sp³-hybridized carbons (Fsp3) is 0.667. The number of hydrogen-bond donors (Lipinski definition) is 0. The van der Waals surface area contributed by atoms with Crippen LogP contribution in [0.3, 0.4) is 0 Å². The Morgan fingerprint density at radius 2 is 2.05 bits per heavy atom. The predicted molar refractivity (Wildman–Crippen MR) is 89.5 cm³/mol. The Kier molecular flexibility index (Phi) is 5.46. The van der Waals surface area contributed by atoms with Gasteiger partial charge in [-0.1, -0.05) is 46.7 Å². The third-order valence-corrected chi connectivity index (χ3v) is 5.47. The molecule has 0 aromatic carbocycles. The molecule has 106 valence electrons. The molecule has 4 heteroatoms. The number of alkyl halides is 1. The fourth-order valence-electron chi connectivity index (χ4n) is 2.28. The first-order valence-corrected chi connectivity index (χ1v) is 9.04. The quantitative estimate of drug-likeness (QED) is 0.725. The van der Waals surface area contributed by atoms with Gasteiger partial charge < -0.3 is 4.90 Å². The van der Waals surface area contributed by atoms with Gasteiger partial charge in [-0.2, -0.15) is 0 Å². The van der Waals surface area contributed by atoms with Crippen LogP contribution in [0.15, 0.2) is 5.57 Å². The molecule has 19 heavy (non-hydrogen) atoms. The van der Waals surface area contributed by atoms with E-state index in [9.17, 15) is 0 Å². The van der Waals surface area contributed by atoms with Crippen LogP contribution in [0.1, 0.15) is 43.7 Å². The first-order chi connectivity index (χ1) is 9.11. The lowest BCUT2D eigenvalue weighted by molar-refractivity contribution is 0.576. The minimum Gasteiger partial charge on any atom is -0.348 e. The van der Waals surface area contributed by atoms with E-state index in [0.717, 1.165) is 5.33 Å². The Balaban J connectivity index is 2.20. The Hall–Kier alpha value is -0.350. The third-order valence-electron chi connectivity index (χ3n) is 3.66. The number of piperidine rings is 1. The van der Waals surface area contributed by atoms with Gasteiger partial charge in [0, 0.05) is 18.4 Å². The maximum atomic E-state index is 4.77. The van der Waals surface area contributed by atoms with Gasteiger partial charge in [-0.25, -0.2) is 4.98 Å². The molecule has 2 nitrogen and oxygen atoms in total. The number of halogens is 1. The second kappa shape index (κ2) is 6.89. The normalized spacial score (nSPS) is 17.3. The zero-order valence-electron chi connectivity index (χ0n) is 12.1. The van der Waals surface area contributed by atoms with Crippen LogP contribution < -0.4 is 4.90 Å². The van der Waals surface area contributed by atoms with Gasteiger partial charge in [-0.3, -0.25) is 0 Å². The van der Waals surface area contributed by atoms with Gasteiger partial charge in [-0.15, -0.1) is 0 Å². The van der Waals surface area contributed by atoms with E-state index in [1.165, 1.54) is 53.6 Å². The maximum absolute atomic E-state index is 4.77. The molecule has 0 N–H and O–H groups in total. The Labute approximate surface area is 129 Å². The van der Waals surface area contributed by atoms with Gasteiger partial charge in [0.2, 0.25) is 0 Å². The molecule has 0 aliphatic carbocycles. The first kappa shape index (κ1) is 15.0. The summed E-state index contributed by atoms with van der Waals surface area (Å²) in [5, 5.41) is 2.15. The number of nitrogens with zero attached hydrogens (tertiary/aromatic N) is 2. The van der Waals surface area contributed by atoms with Crippen molar-refractivity contribution in [1.29, 1.82) is 0 Å². The average molecular weight is 343 g/mol. The van der Waals surface area contributed by atoms with E-state index in [-0.39, 0.29) is 0 Å². The highest BCUT2D eigenvalue weighted by molar-refractivity contribution is 9.09. The number of rotatable bonds is 4. The zero-order chi connectivity index (χ0) is 13.8. The second-order valence-electron chi connectivity index (χ2n) is 5.50. The molecule has 0 radical (unpaired) electrons. The molecule has 1 fully saturated rings. The molecule has 0 amide bonds. The van der Waals surface area contributed by atoms with Crippen molar-refractivity contribution in [2.24, 2.45) is 5.92 Å². The van der Waals surface area contributed by atoms with Crippen molar-refractivity contribution in [3.8, 4) is 0 Å². The summed E-state index contributed by atoms with van der Waals surface area (Å²) < 4.78 is 0. The maximum Gasteiger partial charge on any atom is 0.186 e. The molecule has 0 unspecified atom stereocenters. The Bertz CT molecular complexity index is 445. The highest BCUT2D eigenvalue weighted by Gasteiger charge is 2.16. The molecule has 1 aliphatic rings. The number of anilines is 1. The molecule has 1 aliphatic heterocycles. The molecule has 0 bridgehead atoms.